The van der Waals surface area contributed by atoms with E-state index in [1.165, 1.54) is 11.9 Å². The van der Waals surface area contributed by atoms with E-state index in [2.05, 4.69) is 5.32 Å². The van der Waals surface area contributed by atoms with Gasteiger partial charge in [-0.25, -0.2) is 8.42 Å². The van der Waals surface area contributed by atoms with Gasteiger partial charge in [0.25, 0.3) is 0 Å². The number of nitrogens with one attached hydrogen (secondary N) is 1. The second kappa shape index (κ2) is 11.9. The molecule has 7 nitrogen and oxygen atoms in total. The highest BCUT2D eigenvalue weighted by Crippen LogP contribution is 2.29. The summed E-state index contributed by atoms with van der Waals surface area (Å²) in [6, 6.07) is 11.3. The van der Waals surface area contributed by atoms with Crippen LogP contribution in [0.25, 0.3) is 0 Å². The van der Waals surface area contributed by atoms with E-state index in [1.54, 1.807) is 37.3 Å². The topological polar surface area (TPSA) is 86.8 Å². The fourth-order valence-electron chi connectivity index (χ4n) is 3.72. The molecule has 1 atom stereocenters. The van der Waals surface area contributed by atoms with Crippen molar-refractivity contribution in [3.8, 4) is 0 Å². The number of nitrogens with zero attached hydrogens (tertiary/aromatic N) is 2. The lowest BCUT2D eigenvalue weighted by molar-refractivity contribution is -0.140. The molecule has 0 unspecified atom stereocenters. The molecule has 0 radical (unpaired) electrons. The normalized spacial score (nSPS) is 12.4. The van der Waals surface area contributed by atoms with Gasteiger partial charge in [0.15, 0.2) is 0 Å². The first kappa shape index (κ1) is 28.0. The van der Waals surface area contributed by atoms with Gasteiger partial charge in [0.05, 0.1) is 22.0 Å². The summed E-state index contributed by atoms with van der Waals surface area (Å²) < 4.78 is 26.7. The first-order valence-corrected chi connectivity index (χ1v) is 13.5. The molecule has 34 heavy (non-hydrogen) atoms. The minimum atomic E-state index is -3.80. The number of hydrogen-bond donors (Lipinski definition) is 1. The summed E-state index contributed by atoms with van der Waals surface area (Å²) in [6.07, 6.45) is 1.41. The third kappa shape index (κ3) is 6.87. The number of carbonyl (C=O) groups is 2. The number of amides is 2. The lowest BCUT2D eigenvalue weighted by atomic mass is 10.0. The Morgan fingerprint density at radius 1 is 1.06 bits per heavy atom. The summed E-state index contributed by atoms with van der Waals surface area (Å²) in [6.45, 7) is 5.31. The molecule has 2 amide bonds. The Morgan fingerprint density at radius 3 is 2.24 bits per heavy atom. The number of benzene rings is 2. The van der Waals surface area contributed by atoms with Crippen molar-refractivity contribution in [1.82, 2.24) is 10.2 Å². The first-order chi connectivity index (χ1) is 15.9. The Hall–Kier alpha value is -2.29. The Kier molecular flexibility index (Phi) is 9.79. The van der Waals surface area contributed by atoms with Crippen LogP contribution in [-0.2, 0) is 26.2 Å². The number of carbonyl (C=O) groups excluding carboxylic acids is 2. The molecular formula is C24H31Cl2N3O4S. The van der Waals surface area contributed by atoms with E-state index >= 15 is 0 Å². The van der Waals surface area contributed by atoms with Crippen LogP contribution in [0.1, 0.15) is 44.2 Å². The molecule has 0 fully saturated rings. The Bertz CT molecular complexity index is 1140. The quantitative estimate of drug-likeness (QED) is 0.494. The maximum Gasteiger partial charge on any atom is 0.244 e. The minimum absolute atomic E-state index is 0.0390. The fraction of sp³-hybridized carbons (Fsp3) is 0.417. The maximum atomic E-state index is 13.6. The van der Waals surface area contributed by atoms with Gasteiger partial charge in [0.2, 0.25) is 21.8 Å². The average molecular weight is 529 g/mol. The van der Waals surface area contributed by atoms with Crippen molar-refractivity contribution in [1.29, 1.82) is 0 Å². The van der Waals surface area contributed by atoms with Crippen molar-refractivity contribution in [3.05, 3.63) is 63.6 Å². The second-order valence-electron chi connectivity index (χ2n) is 8.29. The fourth-order valence-corrected chi connectivity index (χ4v) is 4.91. The molecule has 0 heterocycles. The Morgan fingerprint density at radius 2 is 1.71 bits per heavy atom. The molecular weight excluding hydrogens is 497 g/mol. The summed E-state index contributed by atoms with van der Waals surface area (Å²) in [7, 11) is -2.30. The van der Waals surface area contributed by atoms with Gasteiger partial charge in [0, 0.05) is 13.6 Å². The van der Waals surface area contributed by atoms with E-state index in [-0.39, 0.29) is 18.4 Å². The molecule has 0 aliphatic carbocycles. The smallest absolute Gasteiger partial charge is 0.244 e. The predicted octanol–water partition coefficient (Wildman–Crippen LogP) is 4.44. The number of likely N-dealkylation sites (N-methyl/N-ethyl adjacent to an activating group) is 1. The third-order valence-electron chi connectivity index (χ3n) is 5.48. The summed E-state index contributed by atoms with van der Waals surface area (Å²) in [5.74, 6) is -0.813. The molecule has 0 aromatic heterocycles. The summed E-state index contributed by atoms with van der Waals surface area (Å²) in [4.78, 5) is 27.6. The zero-order valence-electron chi connectivity index (χ0n) is 20.0. The minimum Gasteiger partial charge on any atom is -0.357 e. The van der Waals surface area contributed by atoms with Crippen LogP contribution in [0.15, 0.2) is 42.5 Å². The molecule has 2 aromatic carbocycles. The van der Waals surface area contributed by atoms with Crippen LogP contribution in [0.3, 0.4) is 0 Å². The van der Waals surface area contributed by atoms with Crippen molar-refractivity contribution in [3.63, 3.8) is 0 Å². The number of para-hydroxylation sites is 1. The molecule has 0 aliphatic heterocycles. The van der Waals surface area contributed by atoms with Crippen molar-refractivity contribution < 1.29 is 18.0 Å². The van der Waals surface area contributed by atoms with Gasteiger partial charge < -0.3 is 10.2 Å². The lowest BCUT2D eigenvalue weighted by Gasteiger charge is -2.33. The molecule has 2 rings (SSSR count). The number of anilines is 1. The summed E-state index contributed by atoms with van der Waals surface area (Å²) in [5.41, 5.74) is 1.91. The number of hydrogen-bond acceptors (Lipinski definition) is 4. The van der Waals surface area contributed by atoms with Crippen LogP contribution in [0, 0.1) is 0 Å². The average Bonchev–Trinajstić information content (AvgIpc) is 2.78. The molecule has 0 saturated heterocycles. The first-order valence-electron chi connectivity index (χ1n) is 10.9. The van der Waals surface area contributed by atoms with Crippen LogP contribution in [-0.4, -0.2) is 51.0 Å². The van der Waals surface area contributed by atoms with Crippen LogP contribution >= 0.6 is 23.2 Å². The lowest BCUT2D eigenvalue weighted by Crippen LogP contribution is -2.51. The highest BCUT2D eigenvalue weighted by Gasteiger charge is 2.32. The standard InChI is InChI=1S/C24H31Cl2N3O4S/c1-6-21(24(31)27-4)28(14-17-11-12-19(25)20(26)13-17)23(30)15-29(34(5,32)33)22-10-8-7-9-18(22)16(2)3/h7-13,16,21H,6,14-15H2,1-5H3,(H,27,31)/t21-/m1/s1. The van der Waals surface area contributed by atoms with Gasteiger partial charge in [-0.15, -0.1) is 0 Å². The number of rotatable bonds is 10. The highest BCUT2D eigenvalue weighted by molar-refractivity contribution is 7.92. The van der Waals surface area contributed by atoms with Gasteiger partial charge in [-0.2, -0.15) is 0 Å². The van der Waals surface area contributed by atoms with E-state index in [4.69, 9.17) is 23.2 Å². The summed E-state index contributed by atoms with van der Waals surface area (Å²) in [5, 5.41) is 3.28. The summed E-state index contributed by atoms with van der Waals surface area (Å²) >= 11 is 12.2. The number of halogens is 2. The largest absolute Gasteiger partial charge is 0.357 e. The van der Waals surface area contributed by atoms with E-state index in [0.717, 1.165) is 16.1 Å². The Balaban J connectivity index is 2.51. The molecule has 0 aliphatic rings. The SMILES string of the molecule is CC[C@H](C(=O)NC)N(Cc1ccc(Cl)c(Cl)c1)C(=O)CN(c1ccccc1C(C)C)S(C)(=O)=O. The third-order valence-corrected chi connectivity index (χ3v) is 7.34. The van der Waals surface area contributed by atoms with Crippen LogP contribution in [0.5, 0.6) is 0 Å². The molecule has 0 saturated carbocycles. The molecule has 1 N–H and O–H groups in total. The van der Waals surface area contributed by atoms with Crippen LogP contribution in [0.4, 0.5) is 5.69 Å². The highest BCUT2D eigenvalue weighted by atomic mass is 35.5. The molecule has 10 heteroatoms. The molecule has 0 bridgehead atoms. The van der Waals surface area contributed by atoms with Crippen molar-refractivity contribution in [2.24, 2.45) is 0 Å². The monoisotopic (exact) mass is 527 g/mol. The van der Waals surface area contributed by atoms with Gasteiger partial charge in [-0.05, 0) is 41.7 Å². The molecule has 0 spiro atoms. The number of sulfonamides is 1. The van der Waals surface area contributed by atoms with Gasteiger partial charge in [0.1, 0.15) is 12.6 Å². The van der Waals surface area contributed by atoms with E-state index in [1.807, 2.05) is 26.0 Å². The van der Waals surface area contributed by atoms with Gasteiger partial charge in [-0.3, -0.25) is 13.9 Å². The molecule has 186 valence electrons. The van der Waals surface area contributed by atoms with E-state index in [9.17, 15) is 18.0 Å². The van der Waals surface area contributed by atoms with Gasteiger partial charge in [-0.1, -0.05) is 68.2 Å². The van der Waals surface area contributed by atoms with Gasteiger partial charge >= 0.3 is 0 Å². The van der Waals surface area contributed by atoms with Crippen molar-refractivity contribution >= 4 is 50.7 Å². The van der Waals surface area contributed by atoms with Crippen LogP contribution in [0.2, 0.25) is 10.0 Å². The van der Waals surface area contributed by atoms with Crippen LogP contribution < -0.4 is 9.62 Å². The maximum absolute atomic E-state index is 13.6. The molecule has 2 aromatic rings. The second-order valence-corrected chi connectivity index (χ2v) is 11.0. The Labute approximate surface area is 212 Å². The predicted molar refractivity (Wildman–Crippen MR) is 138 cm³/mol. The van der Waals surface area contributed by atoms with Crippen molar-refractivity contribution in [2.45, 2.75) is 45.7 Å². The zero-order valence-corrected chi connectivity index (χ0v) is 22.3. The van der Waals surface area contributed by atoms with Crippen molar-refractivity contribution in [2.75, 3.05) is 24.2 Å². The zero-order chi connectivity index (χ0) is 25.6. The van der Waals surface area contributed by atoms with E-state index < -0.39 is 28.5 Å². The van der Waals surface area contributed by atoms with E-state index in [0.29, 0.717) is 27.7 Å².